The minimum atomic E-state index is 0.688. The van der Waals surface area contributed by atoms with E-state index in [0.29, 0.717) is 5.02 Å². The molecule has 2 aromatic rings. The summed E-state index contributed by atoms with van der Waals surface area (Å²) >= 11 is 7.62. The quantitative estimate of drug-likeness (QED) is 0.678. The third-order valence-corrected chi connectivity index (χ3v) is 4.41. The number of ether oxygens (including phenoxy) is 1. The van der Waals surface area contributed by atoms with Crippen molar-refractivity contribution in [2.75, 3.05) is 12.8 Å². The van der Waals surface area contributed by atoms with E-state index in [2.05, 4.69) is 4.98 Å². The largest absolute Gasteiger partial charge is 0.496 e. The number of nitrogens with two attached hydrogens (primary N) is 1. The number of aryl methyl sites for hydroxylation is 1. The highest BCUT2D eigenvalue weighted by atomic mass is 35.5. The highest BCUT2D eigenvalue weighted by Gasteiger charge is 2.10. The summed E-state index contributed by atoms with van der Waals surface area (Å²) in [5.74, 6) is 1.63. The Balaban J connectivity index is 2.21. The molecule has 0 radical (unpaired) electrons. The standard InChI is InChI=1S/C15H17ClN2OS/c1-9-7-18-13(10(2)15(9)19-3)8-20-14-6-11(16)4-5-12(14)17/h4-7H,8,17H2,1-3H3. The predicted octanol–water partition coefficient (Wildman–Crippen LogP) is 4.23. The number of pyridine rings is 1. The summed E-state index contributed by atoms with van der Waals surface area (Å²) in [5, 5.41) is 0.688. The molecule has 0 aliphatic carbocycles. The summed E-state index contributed by atoms with van der Waals surface area (Å²) in [4.78, 5) is 5.45. The van der Waals surface area contributed by atoms with Crippen LogP contribution in [-0.2, 0) is 5.75 Å². The van der Waals surface area contributed by atoms with Crippen LogP contribution in [-0.4, -0.2) is 12.1 Å². The molecule has 1 aromatic carbocycles. The lowest BCUT2D eigenvalue weighted by Crippen LogP contribution is -1.99. The van der Waals surface area contributed by atoms with Crippen LogP contribution < -0.4 is 10.5 Å². The number of hydrogen-bond acceptors (Lipinski definition) is 4. The summed E-state index contributed by atoms with van der Waals surface area (Å²) in [6, 6.07) is 5.49. The molecular formula is C15H17ClN2OS. The Morgan fingerprint density at radius 1 is 1.35 bits per heavy atom. The molecule has 1 heterocycles. The second-order valence-corrected chi connectivity index (χ2v) is 5.97. The topological polar surface area (TPSA) is 48.1 Å². The van der Waals surface area contributed by atoms with Gasteiger partial charge in [-0.05, 0) is 32.0 Å². The molecule has 0 bridgehead atoms. The zero-order valence-electron chi connectivity index (χ0n) is 11.7. The summed E-state index contributed by atoms with van der Waals surface area (Å²) in [6.45, 7) is 4.01. The van der Waals surface area contributed by atoms with Crippen LogP contribution in [0.4, 0.5) is 5.69 Å². The molecule has 20 heavy (non-hydrogen) atoms. The van der Waals surface area contributed by atoms with Crippen LogP contribution in [0.2, 0.25) is 5.02 Å². The lowest BCUT2D eigenvalue weighted by molar-refractivity contribution is 0.407. The van der Waals surface area contributed by atoms with Crippen molar-refractivity contribution in [3.8, 4) is 5.75 Å². The van der Waals surface area contributed by atoms with Gasteiger partial charge in [0.25, 0.3) is 0 Å². The monoisotopic (exact) mass is 308 g/mol. The Morgan fingerprint density at radius 3 is 2.80 bits per heavy atom. The Labute approximate surface area is 128 Å². The van der Waals surface area contributed by atoms with Crippen molar-refractivity contribution in [3.63, 3.8) is 0 Å². The van der Waals surface area contributed by atoms with E-state index in [4.69, 9.17) is 22.1 Å². The van der Waals surface area contributed by atoms with Crippen molar-refractivity contribution >= 4 is 29.1 Å². The maximum absolute atomic E-state index is 5.99. The molecule has 2 rings (SSSR count). The molecule has 0 fully saturated rings. The van der Waals surface area contributed by atoms with Crippen LogP contribution in [0, 0.1) is 13.8 Å². The first kappa shape index (κ1) is 15.0. The third kappa shape index (κ3) is 3.19. The second kappa shape index (κ2) is 6.37. The van der Waals surface area contributed by atoms with Gasteiger partial charge in [0.2, 0.25) is 0 Å². The molecule has 0 saturated carbocycles. The molecule has 0 atom stereocenters. The van der Waals surface area contributed by atoms with E-state index in [1.807, 2.05) is 32.2 Å². The van der Waals surface area contributed by atoms with Crippen molar-refractivity contribution in [1.82, 2.24) is 4.98 Å². The van der Waals surface area contributed by atoms with E-state index in [9.17, 15) is 0 Å². The van der Waals surface area contributed by atoms with E-state index >= 15 is 0 Å². The van der Waals surface area contributed by atoms with Crippen LogP contribution in [0.3, 0.4) is 0 Å². The molecule has 3 nitrogen and oxygen atoms in total. The molecule has 1 aromatic heterocycles. The second-order valence-electron chi connectivity index (χ2n) is 4.52. The summed E-state index contributed by atoms with van der Waals surface area (Å²) in [6.07, 6.45) is 1.84. The van der Waals surface area contributed by atoms with Gasteiger partial charge in [-0.25, -0.2) is 0 Å². The van der Waals surface area contributed by atoms with Crippen molar-refractivity contribution in [1.29, 1.82) is 0 Å². The van der Waals surface area contributed by atoms with Crippen molar-refractivity contribution in [3.05, 3.63) is 46.2 Å². The zero-order chi connectivity index (χ0) is 14.7. The number of anilines is 1. The first-order valence-electron chi connectivity index (χ1n) is 6.19. The Morgan fingerprint density at radius 2 is 2.10 bits per heavy atom. The molecule has 0 saturated heterocycles. The average molecular weight is 309 g/mol. The minimum Gasteiger partial charge on any atom is -0.496 e. The van der Waals surface area contributed by atoms with Crippen LogP contribution in [0.15, 0.2) is 29.3 Å². The third-order valence-electron chi connectivity index (χ3n) is 3.09. The Hall–Kier alpha value is -1.39. The molecule has 0 aliphatic rings. The fraction of sp³-hybridized carbons (Fsp3) is 0.267. The van der Waals surface area contributed by atoms with E-state index < -0.39 is 0 Å². The summed E-state index contributed by atoms with van der Waals surface area (Å²) < 4.78 is 5.42. The molecule has 0 spiro atoms. The van der Waals surface area contributed by atoms with Gasteiger partial charge in [0.05, 0.1) is 12.8 Å². The van der Waals surface area contributed by atoms with Gasteiger partial charge >= 0.3 is 0 Å². The van der Waals surface area contributed by atoms with Gasteiger partial charge in [-0.15, -0.1) is 11.8 Å². The maximum atomic E-state index is 5.99. The predicted molar refractivity (Wildman–Crippen MR) is 85.7 cm³/mol. The number of methoxy groups -OCH3 is 1. The van der Waals surface area contributed by atoms with E-state index in [-0.39, 0.29) is 0 Å². The van der Waals surface area contributed by atoms with Crippen molar-refractivity contribution < 1.29 is 4.74 Å². The first-order chi connectivity index (χ1) is 9.52. The minimum absolute atomic E-state index is 0.688. The van der Waals surface area contributed by atoms with Gasteiger partial charge < -0.3 is 10.5 Å². The summed E-state index contributed by atoms with van der Waals surface area (Å²) in [7, 11) is 1.68. The summed E-state index contributed by atoms with van der Waals surface area (Å²) in [5.41, 5.74) is 9.79. The van der Waals surface area contributed by atoms with Crippen LogP contribution >= 0.6 is 23.4 Å². The van der Waals surface area contributed by atoms with Gasteiger partial charge in [-0.2, -0.15) is 0 Å². The normalized spacial score (nSPS) is 10.6. The van der Waals surface area contributed by atoms with E-state index in [0.717, 1.165) is 38.9 Å². The number of hydrogen-bond donors (Lipinski definition) is 1. The van der Waals surface area contributed by atoms with Crippen LogP contribution in [0.5, 0.6) is 5.75 Å². The maximum Gasteiger partial charge on any atom is 0.128 e. The van der Waals surface area contributed by atoms with Gasteiger partial charge in [0.15, 0.2) is 0 Å². The Kier molecular flexibility index (Phi) is 4.78. The molecule has 106 valence electrons. The first-order valence-corrected chi connectivity index (χ1v) is 7.56. The number of rotatable bonds is 4. The average Bonchev–Trinajstić information content (AvgIpc) is 2.42. The molecule has 0 aliphatic heterocycles. The van der Waals surface area contributed by atoms with Gasteiger partial charge in [-0.3, -0.25) is 4.98 Å². The van der Waals surface area contributed by atoms with Crippen LogP contribution in [0.1, 0.15) is 16.8 Å². The van der Waals surface area contributed by atoms with Crippen molar-refractivity contribution in [2.24, 2.45) is 0 Å². The SMILES string of the molecule is COc1c(C)cnc(CSc2cc(Cl)ccc2N)c1C. The molecule has 0 unspecified atom stereocenters. The number of halogens is 1. The number of nitrogen functional groups attached to an aromatic ring is 1. The van der Waals surface area contributed by atoms with Gasteiger partial charge in [-0.1, -0.05) is 11.6 Å². The fourth-order valence-electron chi connectivity index (χ4n) is 2.00. The smallest absolute Gasteiger partial charge is 0.128 e. The fourth-order valence-corrected chi connectivity index (χ4v) is 3.26. The Bertz CT molecular complexity index is 632. The molecule has 5 heteroatoms. The number of nitrogens with zero attached hydrogens (tertiary/aromatic N) is 1. The van der Waals surface area contributed by atoms with E-state index in [1.165, 1.54) is 0 Å². The molecule has 2 N–H and O–H groups in total. The number of aromatic nitrogens is 1. The lowest BCUT2D eigenvalue weighted by Gasteiger charge is -2.12. The highest BCUT2D eigenvalue weighted by molar-refractivity contribution is 7.98. The molecule has 0 amide bonds. The van der Waals surface area contributed by atoms with E-state index in [1.54, 1.807) is 24.9 Å². The van der Waals surface area contributed by atoms with Crippen LogP contribution in [0.25, 0.3) is 0 Å². The number of benzene rings is 1. The molecular weight excluding hydrogens is 292 g/mol. The van der Waals surface area contributed by atoms with Gasteiger partial charge in [0, 0.05) is 38.7 Å². The number of thioether (sulfide) groups is 1. The zero-order valence-corrected chi connectivity index (χ0v) is 13.3. The van der Waals surface area contributed by atoms with Crippen molar-refractivity contribution in [2.45, 2.75) is 24.5 Å². The highest BCUT2D eigenvalue weighted by Crippen LogP contribution is 2.32. The van der Waals surface area contributed by atoms with Gasteiger partial charge in [0.1, 0.15) is 5.75 Å². The lowest BCUT2D eigenvalue weighted by atomic mass is 10.1.